The van der Waals surface area contributed by atoms with Crippen LogP contribution < -0.4 is 4.90 Å². The van der Waals surface area contributed by atoms with Crippen LogP contribution in [0.2, 0.25) is 0 Å². The lowest BCUT2D eigenvalue weighted by molar-refractivity contribution is -0.133. The number of hydrogen-bond acceptors (Lipinski definition) is 7. The Morgan fingerprint density at radius 3 is 2.37 bits per heavy atom. The third-order valence-electron chi connectivity index (χ3n) is 5.23. The van der Waals surface area contributed by atoms with Gasteiger partial charge in [0.05, 0.1) is 10.6 Å². The van der Waals surface area contributed by atoms with Crippen LogP contribution in [0.5, 0.6) is 0 Å². The van der Waals surface area contributed by atoms with Crippen molar-refractivity contribution < 1.29 is 18.7 Å². The van der Waals surface area contributed by atoms with Crippen molar-refractivity contribution in [2.75, 3.05) is 32.6 Å². The molecule has 0 saturated carbocycles. The average molecular weight is 494 g/mol. The van der Waals surface area contributed by atoms with Gasteiger partial charge in [-0.2, -0.15) is 4.98 Å². The Morgan fingerprint density at radius 1 is 1.03 bits per heavy atom. The number of carbonyl (C=O) groups is 2. The molecule has 0 unspecified atom stereocenters. The summed E-state index contributed by atoms with van der Waals surface area (Å²) in [4.78, 5) is 33.8. The molecule has 0 spiro atoms. The second-order valence-corrected chi connectivity index (χ2v) is 8.96. The van der Waals surface area contributed by atoms with Crippen LogP contribution in [0.3, 0.4) is 0 Å². The third kappa shape index (κ3) is 5.72. The van der Waals surface area contributed by atoms with Crippen molar-refractivity contribution in [3.8, 4) is 16.4 Å². The lowest BCUT2D eigenvalue weighted by atomic mass is 10.2. The number of halogens is 1. The van der Waals surface area contributed by atoms with Crippen molar-refractivity contribution in [1.29, 1.82) is 0 Å². The molecule has 0 bridgehead atoms. The maximum absolute atomic E-state index is 13.4. The molecule has 0 aliphatic heterocycles. The summed E-state index contributed by atoms with van der Waals surface area (Å²) >= 11 is 1.43. The van der Waals surface area contributed by atoms with E-state index in [9.17, 15) is 14.0 Å². The first-order valence-corrected chi connectivity index (χ1v) is 11.6. The number of aromatic nitrogens is 3. The summed E-state index contributed by atoms with van der Waals surface area (Å²) in [6.45, 7) is -0.0609. The number of ether oxygens (including phenoxy) is 1. The molecule has 0 saturated heterocycles. The molecular weight excluding hydrogens is 469 g/mol. The van der Waals surface area contributed by atoms with Crippen molar-refractivity contribution >= 4 is 28.9 Å². The van der Waals surface area contributed by atoms with E-state index in [1.54, 1.807) is 19.2 Å². The van der Waals surface area contributed by atoms with Crippen molar-refractivity contribution in [3.05, 3.63) is 83.2 Å². The highest BCUT2D eigenvalue weighted by Gasteiger charge is 2.22. The smallest absolute Gasteiger partial charge is 0.378 e. The van der Waals surface area contributed by atoms with E-state index >= 15 is 0 Å². The van der Waals surface area contributed by atoms with E-state index < -0.39 is 12.6 Å². The van der Waals surface area contributed by atoms with Crippen LogP contribution in [-0.4, -0.2) is 59.3 Å². The van der Waals surface area contributed by atoms with Crippen LogP contribution in [0.1, 0.15) is 16.2 Å². The van der Waals surface area contributed by atoms with Crippen molar-refractivity contribution in [1.82, 2.24) is 19.7 Å². The molecule has 10 heteroatoms. The zero-order valence-electron chi connectivity index (χ0n) is 19.5. The fourth-order valence-corrected chi connectivity index (χ4v) is 3.99. The third-order valence-corrected chi connectivity index (χ3v) is 6.09. The molecule has 2 aromatic heterocycles. The number of rotatable bonds is 8. The van der Waals surface area contributed by atoms with Gasteiger partial charge in [-0.25, -0.2) is 13.9 Å². The summed E-state index contributed by atoms with van der Waals surface area (Å²) in [5, 5.41) is 6.14. The molecule has 35 heavy (non-hydrogen) atoms. The Labute approximate surface area is 206 Å². The molecule has 4 aromatic rings. The second-order valence-electron chi connectivity index (χ2n) is 8.01. The van der Waals surface area contributed by atoms with E-state index in [0.717, 1.165) is 16.1 Å². The molecule has 0 atom stereocenters. The molecular formula is C25H24FN5O3S. The van der Waals surface area contributed by atoms with E-state index in [2.05, 4.69) is 10.1 Å². The predicted molar refractivity (Wildman–Crippen MR) is 132 cm³/mol. The first-order chi connectivity index (χ1) is 16.8. The number of likely N-dealkylation sites (N-methyl/N-ethyl adjacent to an activating group) is 1. The van der Waals surface area contributed by atoms with E-state index in [1.807, 2.05) is 60.8 Å². The zero-order valence-corrected chi connectivity index (χ0v) is 20.3. The number of hydrogen-bond donors (Lipinski definition) is 0. The highest BCUT2D eigenvalue weighted by molar-refractivity contribution is 7.13. The molecule has 180 valence electrons. The van der Waals surface area contributed by atoms with Crippen LogP contribution in [0.15, 0.2) is 66.0 Å². The van der Waals surface area contributed by atoms with Gasteiger partial charge < -0.3 is 14.5 Å². The van der Waals surface area contributed by atoms with Crippen LogP contribution in [0, 0.1) is 5.82 Å². The lowest BCUT2D eigenvalue weighted by Crippen LogP contribution is -2.31. The van der Waals surface area contributed by atoms with Gasteiger partial charge in [0, 0.05) is 33.4 Å². The van der Waals surface area contributed by atoms with Crippen molar-refractivity contribution in [2.45, 2.75) is 6.54 Å². The summed E-state index contributed by atoms with van der Waals surface area (Å²) in [7, 11) is 5.56. The number of esters is 1. The molecule has 0 aliphatic rings. The number of amides is 1. The van der Waals surface area contributed by atoms with Gasteiger partial charge in [-0.1, -0.05) is 18.2 Å². The van der Waals surface area contributed by atoms with Crippen LogP contribution >= 0.6 is 11.3 Å². The second kappa shape index (κ2) is 10.5. The zero-order chi connectivity index (χ0) is 24.9. The van der Waals surface area contributed by atoms with E-state index in [0.29, 0.717) is 18.1 Å². The van der Waals surface area contributed by atoms with Crippen molar-refractivity contribution in [2.24, 2.45) is 0 Å². The average Bonchev–Trinajstić information content (AvgIpc) is 3.53. The monoisotopic (exact) mass is 493 g/mol. The topological polar surface area (TPSA) is 80.6 Å². The van der Waals surface area contributed by atoms with Gasteiger partial charge in [-0.05, 0) is 53.4 Å². The number of benzene rings is 2. The Hall–Kier alpha value is -4.05. The van der Waals surface area contributed by atoms with Crippen LogP contribution in [0.4, 0.5) is 10.1 Å². The van der Waals surface area contributed by atoms with Gasteiger partial charge in [-0.15, -0.1) is 16.4 Å². The molecule has 2 aromatic carbocycles. The summed E-state index contributed by atoms with van der Waals surface area (Å²) in [5.74, 6) is -1.33. The molecule has 0 radical (unpaired) electrons. The summed E-state index contributed by atoms with van der Waals surface area (Å²) in [6.07, 6.45) is 0. The first kappa shape index (κ1) is 24.1. The van der Waals surface area contributed by atoms with E-state index in [1.165, 1.54) is 33.1 Å². The minimum atomic E-state index is -0.819. The molecule has 0 N–H and O–H groups in total. The number of thiophene rings is 1. The number of anilines is 1. The Kier molecular flexibility index (Phi) is 7.21. The first-order valence-electron chi connectivity index (χ1n) is 10.8. The maximum atomic E-state index is 13.4. The molecule has 1 amide bonds. The minimum Gasteiger partial charge on any atom is -0.450 e. The largest absolute Gasteiger partial charge is 0.450 e. The Bertz CT molecular complexity index is 1300. The predicted octanol–water partition coefficient (Wildman–Crippen LogP) is 4.02. The standard InChI is InChI=1S/C25H24FN5O3S/c1-29(2)19-10-6-17(7-11-19)15-30(3)22(32)16-34-25(33)23-27-24(21-5-4-14-35-21)31(28-23)20-12-8-18(26)9-13-20/h4-14H,15-16H2,1-3H3. The maximum Gasteiger partial charge on any atom is 0.378 e. The van der Waals surface area contributed by atoms with Crippen molar-refractivity contribution in [3.63, 3.8) is 0 Å². The fourth-order valence-electron chi connectivity index (χ4n) is 3.29. The van der Waals surface area contributed by atoms with Gasteiger partial charge in [0.2, 0.25) is 0 Å². The molecule has 0 fully saturated rings. The SMILES string of the molecule is CN(Cc1ccc(N(C)C)cc1)C(=O)COC(=O)c1nc(-c2cccs2)n(-c2ccc(F)cc2)n1. The lowest BCUT2D eigenvalue weighted by Gasteiger charge is -2.18. The summed E-state index contributed by atoms with van der Waals surface area (Å²) in [5.41, 5.74) is 2.56. The van der Waals surface area contributed by atoms with Gasteiger partial charge in [-0.3, -0.25) is 4.79 Å². The molecule has 0 aliphatic carbocycles. The van der Waals surface area contributed by atoms with Gasteiger partial charge in [0.25, 0.3) is 11.7 Å². The summed E-state index contributed by atoms with van der Waals surface area (Å²) < 4.78 is 20.0. The van der Waals surface area contributed by atoms with Crippen LogP contribution in [-0.2, 0) is 16.1 Å². The Balaban J connectivity index is 1.43. The summed E-state index contributed by atoms with van der Waals surface area (Å²) in [6, 6.07) is 17.2. The molecule has 4 rings (SSSR count). The fraction of sp³-hybridized carbons (Fsp3) is 0.200. The quantitative estimate of drug-likeness (QED) is 0.345. The highest BCUT2D eigenvalue weighted by Crippen LogP contribution is 2.26. The van der Waals surface area contributed by atoms with E-state index in [4.69, 9.17) is 4.74 Å². The molecule has 8 nitrogen and oxygen atoms in total. The molecule has 2 heterocycles. The highest BCUT2D eigenvalue weighted by atomic mass is 32.1. The number of nitrogens with zero attached hydrogens (tertiary/aromatic N) is 5. The minimum absolute atomic E-state index is 0.188. The van der Waals surface area contributed by atoms with E-state index in [-0.39, 0.29) is 17.5 Å². The number of carbonyl (C=O) groups excluding carboxylic acids is 2. The van der Waals surface area contributed by atoms with Crippen LogP contribution in [0.25, 0.3) is 16.4 Å². The van der Waals surface area contributed by atoms with Gasteiger partial charge in [0.15, 0.2) is 12.4 Å². The Morgan fingerprint density at radius 2 is 1.74 bits per heavy atom. The normalized spacial score (nSPS) is 10.7. The van der Waals surface area contributed by atoms with Gasteiger partial charge in [0.1, 0.15) is 5.82 Å². The van der Waals surface area contributed by atoms with Gasteiger partial charge >= 0.3 is 5.97 Å².